The first kappa shape index (κ1) is 12.6. The van der Waals surface area contributed by atoms with Crippen LogP contribution < -0.4 is 0 Å². The second-order valence-corrected chi connectivity index (χ2v) is 3.67. The summed E-state index contributed by atoms with van der Waals surface area (Å²) in [5.41, 5.74) is 0.318. The molecule has 0 atom stereocenters. The SMILES string of the molecule is OCCn1cc(-c2ccc(C(F)(F)F)cc2)nn1. The summed E-state index contributed by atoms with van der Waals surface area (Å²) in [4.78, 5) is 0. The van der Waals surface area contributed by atoms with Crippen LogP contribution in [-0.2, 0) is 12.7 Å². The molecule has 7 heteroatoms. The molecule has 2 aromatic rings. The topological polar surface area (TPSA) is 50.9 Å². The van der Waals surface area contributed by atoms with Crippen molar-refractivity contribution in [1.29, 1.82) is 0 Å². The largest absolute Gasteiger partial charge is 0.416 e. The second kappa shape index (κ2) is 4.77. The zero-order valence-electron chi connectivity index (χ0n) is 9.22. The van der Waals surface area contributed by atoms with Crippen molar-refractivity contribution in [3.8, 4) is 11.3 Å². The molecule has 0 fully saturated rings. The predicted octanol–water partition coefficient (Wildman–Crippen LogP) is 1.96. The van der Waals surface area contributed by atoms with Gasteiger partial charge in [0.05, 0.1) is 24.9 Å². The van der Waals surface area contributed by atoms with Gasteiger partial charge in [0, 0.05) is 5.56 Å². The van der Waals surface area contributed by atoms with Crippen molar-refractivity contribution in [3.05, 3.63) is 36.0 Å². The van der Waals surface area contributed by atoms with Gasteiger partial charge in [-0.3, -0.25) is 0 Å². The van der Waals surface area contributed by atoms with Gasteiger partial charge in [-0.1, -0.05) is 17.3 Å². The van der Waals surface area contributed by atoms with Crippen LogP contribution in [0.15, 0.2) is 30.5 Å². The molecule has 0 unspecified atom stereocenters. The van der Waals surface area contributed by atoms with E-state index >= 15 is 0 Å². The number of alkyl halides is 3. The van der Waals surface area contributed by atoms with E-state index in [1.165, 1.54) is 16.8 Å². The fraction of sp³-hybridized carbons (Fsp3) is 0.273. The van der Waals surface area contributed by atoms with Crippen molar-refractivity contribution in [2.75, 3.05) is 6.61 Å². The molecule has 0 radical (unpaired) electrons. The van der Waals surface area contributed by atoms with Crippen LogP contribution >= 0.6 is 0 Å². The molecule has 1 aromatic carbocycles. The van der Waals surface area contributed by atoms with E-state index in [1.807, 2.05) is 0 Å². The molecule has 96 valence electrons. The van der Waals surface area contributed by atoms with Crippen molar-refractivity contribution in [2.24, 2.45) is 0 Å². The second-order valence-electron chi connectivity index (χ2n) is 3.67. The van der Waals surface area contributed by atoms with Gasteiger partial charge in [-0.25, -0.2) is 4.68 Å². The number of hydrogen-bond acceptors (Lipinski definition) is 3. The van der Waals surface area contributed by atoms with E-state index < -0.39 is 11.7 Å². The van der Waals surface area contributed by atoms with Gasteiger partial charge < -0.3 is 5.11 Å². The highest BCUT2D eigenvalue weighted by molar-refractivity contribution is 5.58. The van der Waals surface area contributed by atoms with Crippen LogP contribution in [0.4, 0.5) is 13.2 Å². The van der Waals surface area contributed by atoms with Gasteiger partial charge in [-0.05, 0) is 12.1 Å². The number of aliphatic hydroxyl groups is 1. The van der Waals surface area contributed by atoms with Crippen LogP contribution in [0.2, 0.25) is 0 Å². The van der Waals surface area contributed by atoms with E-state index in [1.54, 1.807) is 6.20 Å². The molecule has 1 heterocycles. The minimum atomic E-state index is -4.34. The third-order valence-corrected chi connectivity index (χ3v) is 2.38. The van der Waals surface area contributed by atoms with Crippen molar-refractivity contribution >= 4 is 0 Å². The minimum absolute atomic E-state index is 0.0736. The highest BCUT2D eigenvalue weighted by atomic mass is 19.4. The molecule has 0 aliphatic rings. The predicted molar refractivity (Wildman–Crippen MR) is 57.5 cm³/mol. The number of halogens is 3. The maximum atomic E-state index is 12.4. The summed E-state index contributed by atoms with van der Waals surface area (Å²) in [6, 6.07) is 4.69. The first-order valence-electron chi connectivity index (χ1n) is 5.19. The summed E-state index contributed by atoms with van der Waals surface area (Å²) in [5.74, 6) is 0. The zero-order valence-corrected chi connectivity index (χ0v) is 9.22. The highest BCUT2D eigenvalue weighted by Crippen LogP contribution is 2.30. The molecule has 4 nitrogen and oxygen atoms in total. The van der Waals surface area contributed by atoms with E-state index in [2.05, 4.69) is 10.3 Å². The van der Waals surface area contributed by atoms with Crippen LogP contribution in [0, 0.1) is 0 Å². The summed E-state index contributed by atoms with van der Waals surface area (Å²) in [7, 11) is 0. The molecule has 1 N–H and O–H groups in total. The molecule has 0 spiro atoms. The molecule has 0 saturated carbocycles. The zero-order chi connectivity index (χ0) is 13.2. The van der Waals surface area contributed by atoms with Gasteiger partial charge in [0.15, 0.2) is 0 Å². The quantitative estimate of drug-likeness (QED) is 0.914. The van der Waals surface area contributed by atoms with Gasteiger partial charge in [0.25, 0.3) is 0 Å². The highest BCUT2D eigenvalue weighted by Gasteiger charge is 2.30. The van der Waals surface area contributed by atoms with E-state index in [4.69, 9.17) is 5.11 Å². The third-order valence-electron chi connectivity index (χ3n) is 2.38. The number of nitrogens with zero attached hydrogens (tertiary/aromatic N) is 3. The molecule has 0 aliphatic carbocycles. The molecular formula is C11H10F3N3O. The number of hydrogen-bond donors (Lipinski definition) is 1. The van der Waals surface area contributed by atoms with E-state index in [9.17, 15) is 13.2 Å². The molecular weight excluding hydrogens is 247 g/mol. The normalized spacial score (nSPS) is 11.8. The summed E-state index contributed by atoms with van der Waals surface area (Å²) >= 11 is 0. The first-order chi connectivity index (χ1) is 8.50. The Morgan fingerprint density at radius 3 is 2.39 bits per heavy atom. The molecule has 1 aromatic heterocycles. The van der Waals surface area contributed by atoms with Crippen LogP contribution in [-0.4, -0.2) is 26.7 Å². The lowest BCUT2D eigenvalue weighted by atomic mass is 10.1. The Kier molecular flexibility index (Phi) is 3.33. The molecule has 2 rings (SSSR count). The van der Waals surface area contributed by atoms with Crippen LogP contribution in [0.1, 0.15) is 5.56 Å². The van der Waals surface area contributed by atoms with E-state index in [0.717, 1.165) is 12.1 Å². The van der Waals surface area contributed by atoms with Crippen molar-refractivity contribution in [3.63, 3.8) is 0 Å². The number of aromatic nitrogens is 3. The summed E-state index contributed by atoms with van der Waals surface area (Å²) in [6.07, 6.45) is -2.77. The standard InChI is InChI=1S/C11H10F3N3O/c12-11(13,14)9-3-1-8(2-4-9)10-7-17(5-6-18)16-15-10/h1-4,7,18H,5-6H2. The first-order valence-corrected chi connectivity index (χ1v) is 5.19. The average molecular weight is 257 g/mol. The lowest BCUT2D eigenvalue weighted by Gasteiger charge is -2.06. The number of benzene rings is 1. The van der Waals surface area contributed by atoms with Crippen LogP contribution in [0.3, 0.4) is 0 Å². The Labute approximate surface area is 101 Å². The van der Waals surface area contributed by atoms with Crippen LogP contribution in [0.25, 0.3) is 11.3 Å². The molecule has 0 aliphatic heterocycles. The van der Waals surface area contributed by atoms with Gasteiger partial charge in [0.1, 0.15) is 5.69 Å². The van der Waals surface area contributed by atoms with E-state index in [0.29, 0.717) is 17.8 Å². The van der Waals surface area contributed by atoms with Crippen molar-refractivity contribution in [1.82, 2.24) is 15.0 Å². The lowest BCUT2D eigenvalue weighted by molar-refractivity contribution is -0.137. The monoisotopic (exact) mass is 257 g/mol. The Hall–Kier alpha value is -1.89. The molecule has 18 heavy (non-hydrogen) atoms. The smallest absolute Gasteiger partial charge is 0.394 e. The minimum Gasteiger partial charge on any atom is -0.394 e. The summed E-state index contributed by atoms with van der Waals surface area (Å²) in [6.45, 7) is 0.226. The van der Waals surface area contributed by atoms with E-state index in [-0.39, 0.29) is 6.61 Å². The maximum Gasteiger partial charge on any atom is 0.416 e. The van der Waals surface area contributed by atoms with Gasteiger partial charge in [-0.15, -0.1) is 5.10 Å². The fourth-order valence-electron chi connectivity index (χ4n) is 1.47. The Morgan fingerprint density at radius 2 is 1.83 bits per heavy atom. The van der Waals surface area contributed by atoms with Crippen LogP contribution in [0.5, 0.6) is 0 Å². The van der Waals surface area contributed by atoms with Gasteiger partial charge in [0.2, 0.25) is 0 Å². The van der Waals surface area contributed by atoms with Crippen molar-refractivity contribution < 1.29 is 18.3 Å². The summed E-state index contributed by atoms with van der Waals surface area (Å²) in [5, 5.41) is 16.3. The molecule has 0 saturated heterocycles. The third kappa shape index (κ3) is 2.67. The average Bonchev–Trinajstić information content (AvgIpc) is 2.77. The number of rotatable bonds is 3. The maximum absolute atomic E-state index is 12.4. The van der Waals surface area contributed by atoms with Gasteiger partial charge in [-0.2, -0.15) is 13.2 Å². The lowest BCUT2D eigenvalue weighted by Crippen LogP contribution is -2.04. The molecule has 0 amide bonds. The van der Waals surface area contributed by atoms with Crippen molar-refractivity contribution in [2.45, 2.75) is 12.7 Å². The summed E-state index contributed by atoms with van der Waals surface area (Å²) < 4.78 is 38.5. The Morgan fingerprint density at radius 1 is 1.17 bits per heavy atom. The molecule has 0 bridgehead atoms. The van der Waals surface area contributed by atoms with Gasteiger partial charge >= 0.3 is 6.18 Å². The fourth-order valence-corrected chi connectivity index (χ4v) is 1.47. The Bertz CT molecular complexity index is 519. The Balaban J connectivity index is 2.23. The number of aliphatic hydroxyl groups excluding tert-OH is 1.